The Bertz CT molecular complexity index is 2810. The summed E-state index contributed by atoms with van der Waals surface area (Å²) in [4.78, 5) is 2.43. The number of nitrogens with zero attached hydrogens (tertiary/aromatic N) is 2. The Kier molecular flexibility index (Phi) is 7.77. The van der Waals surface area contributed by atoms with E-state index < -0.39 is 0 Å². The highest BCUT2D eigenvalue weighted by molar-refractivity contribution is 5.94. The SMILES string of the molecule is CCC1=C2c3oc4cc5ccccc5cc4[n+]3CC3(CCC3Oc3ccccc3)C2OC2C1=C1Oc3cc4ccccc4cc3N1CC2CCCOc1ccccc1. The van der Waals surface area contributed by atoms with Gasteiger partial charge >= 0.3 is 5.89 Å². The van der Waals surface area contributed by atoms with Crippen molar-refractivity contribution in [3.63, 3.8) is 0 Å². The Morgan fingerprint density at radius 1 is 0.776 bits per heavy atom. The van der Waals surface area contributed by atoms with E-state index in [4.69, 9.17) is 23.4 Å². The van der Waals surface area contributed by atoms with Crippen molar-refractivity contribution in [1.82, 2.24) is 0 Å². The predicted octanol–water partition coefficient (Wildman–Crippen LogP) is 10.8. The lowest BCUT2D eigenvalue weighted by atomic mass is 9.58. The van der Waals surface area contributed by atoms with E-state index in [-0.39, 0.29) is 29.6 Å². The molecule has 5 atom stereocenters. The van der Waals surface area contributed by atoms with Gasteiger partial charge in [-0.25, -0.2) is 0 Å². The fraction of sp³-hybridized carbons (Fsp3) is 0.275. The van der Waals surface area contributed by atoms with Crippen molar-refractivity contribution in [2.45, 2.75) is 63.9 Å². The Balaban J connectivity index is 1.03. The molecule has 1 aromatic heterocycles. The first-order chi connectivity index (χ1) is 28.6. The third-order valence-electron chi connectivity index (χ3n) is 13.5. The maximum atomic E-state index is 7.78. The molecule has 0 bridgehead atoms. The van der Waals surface area contributed by atoms with Gasteiger partial charge < -0.3 is 28.3 Å². The van der Waals surface area contributed by atoms with Gasteiger partial charge in [-0.1, -0.05) is 91.9 Å². The van der Waals surface area contributed by atoms with Crippen LogP contribution in [0.25, 0.3) is 38.2 Å². The number of anilines is 1. The number of hydrogen-bond donors (Lipinski definition) is 0. The molecule has 0 amide bonds. The van der Waals surface area contributed by atoms with Gasteiger partial charge in [0, 0.05) is 24.1 Å². The molecule has 0 N–H and O–H groups in total. The summed E-state index contributed by atoms with van der Waals surface area (Å²) in [5, 5.41) is 4.75. The Labute approximate surface area is 337 Å². The second-order valence-corrected chi connectivity index (χ2v) is 16.7. The maximum Gasteiger partial charge on any atom is 0.380 e. The van der Waals surface area contributed by atoms with Crippen LogP contribution < -0.4 is 23.7 Å². The minimum absolute atomic E-state index is 0.0227. The van der Waals surface area contributed by atoms with E-state index in [2.05, 4.69) is 113 Å². The lowest BCUT2D eigenvalue weighted by Gasteiger charge is -2.55. The quantitative estimate of drug-likeness (QED) is 0.113. The molecule has 1 spiro atoms. The van der Waals surface area contributed by atoms with E-state index in [0.717, 1.165) is 102 Å². The van der Waals surface area contributed by atoms with Gasteiger partial charge in [0.15, 0.2) is 12.3 Å². The average molecular weight is 766 g/mol. The molecule has 7 nitrogen and oxygen atoms in total. The zero-order chi connectivity index (χ0) is 38.4. The molecule has 6 aromatic carbocycles. The second kappa shape index (κ2) is 13.2. The van der Waals surface area contributed by atoms with Crippen LogP contribution >= 0.6 is 0 Å². The van der Waals surface area contributed by atoms with E-state index >= 15 is 0 Å². The lowest BCUT2D eigenvalue weighted by Crippen LogP contribution is -2.68. The first-order valence-corrected chi connectivity index (χ1v) is 21.0. The molecule has 0 saturated heterocycles. The van der Waals surface area contributed by atoms with Crippen molar-refractivity contribution < 1.29 is 27.9 Å². The monoisotopic (exact) mass is 765 g/mol. The van der Waals surface area contributed by atoms with Gasteiger partial charge in [0.25, 0.3) is 5.52 Å². The Hall–Kier alpha value is -6.05. The largest absolute Gasteiger partial charge is 0.494 e. The van der Waals surface area contributed by atoms with Crippen molar-refractivity contribution >= 4 is 43.9 Å². The summed E-state index contributed by atoms with van der Waals surface area (Å²) in [5.41, 5.74) is 6.40. The molecule has 7 heteroatoms. The number of ether oxygens (including phenoxy) is 4. The van der Waals surface area contributed by atoms with Crippen LogP contribution in [0.3, 0.4) is 0 Å². The average Bonchev–Trinajstić information content (AvgIpc) is 3.81. The second-order valence-electron chi connectivity index (χ2n) is 16.7. The van der Waals surface area contributed by atoms with Crippen molar-refractivity contribution in [2.75, 3.05) is 18.1 Å². The third-order valence-corrected chi connectivity index (χ3v) is 13.5. The predicted molar refractivity (Wildman–Crippen MR) is 226 cm³/mol. The summed E-state index contributed by atoms with van der Waals surface area (Å²) in [6, 6.07) is 46.6. The molecular weight excluding hydrogens is 721 g/mol. The number of aromatic nitrogens is 1. The van der Waals surface area contributed by atoms with Gasteiger partial charge in [-0.15, -0.1) is 0 Å². The first-order valence-electron chi connectivity index (χ1n) is 21.0. The number of benzene rings is 6. The van der Waals surface area contributed by atoms with Gasteiger partial charge in [0.1, 0.15) is 23.7 Å². The number of para-hydroxylation sites is 2. The number of rotatable bonds is 8. The molecule has 1 aliphatic carbocycles. The first kappa shape index (κ1) is 34.0. The summed E-state index contributed by atoms with van der Waals surface area (Å²) in [7, 11) is 0. The summed E-state index contributed by atoms with van der Waals surface area (Å²) in [6.07, 6.45) is 4.23. The summed E-state index contributed by atoms with van der Waals surface area (Å²) >= 11 is 0. The highest BCUT2D eigenvalue weighted by Gasteiger charge is 2.66. The highest BCUT2D eigenvalue weighted by Crippen LogP contribution is 2.60. The van der Waals surface area contributed by atoms with E-state index in [1.807, 2.05) is 36.4 Å². The molecule has 1 fully saturated rings. The zero-order valence-electron chi connectivity index (χ0n) is 32.6. The standard InChI is InChI=1S/C51H45N2O5/c1-2-39-45-47(36(18-13-25-54-37-19-5-3-6-20-37)30-52-40-26-32-14-9-11-16-34(32)28-42(40)56-49(45)52)58-48-46(39)50-53(41-27-33-15-10-12-17-35(33)29-43(41)57-50)31-51(48)24-23-44(51)55-38-21-7-4-8-22-38/h3-12,14-17,19-22,26-29,36,44,47-48H,2,13,18,23-25,30-31H2,1H3/q+1. The summed E-state index contributed by atoms with van der Waals surface area (Å²) in [5.74, 6) is 4.69. The van der Waals surface area contributed by atoms with Gasteiger partial charge in [-0.3, -0.25) is 0 Å². The fourth-order valence-electron chi connectivity index (χ4n) is 10.6. The molecule has 58 heavy (non-hydrogen) atoms. The molecule has 4 aliphatic heterocycles. The van der Waals surface area contributed by atoms with Gasteiger partial charge in [-0.2, -0.15) is 4.57 Å². The molecule has 5 unspecified atom stereocenters. The van der Waals surface area contributed by atoms with Crippen molar-refractivity contribution in [2.24, 2.45) is 11.3 Å². The molecular formula is C51H45N2O5+. The minimum Gasteiger partial charge on any atom is -0.494 e. The summed E-state index contributed by atoms with van der Waals surface area (Å²) < 4.78 is 37.5. The lowest BCUT2D eigenvalue weighted by molar-refractivity contribution is -0.703. The fourth-order valence-corrected chi connectivity index (χ4v) is 10.6. The molecule has 288 valence electrons. The zero-order valence-corrected chi connectivity index (χ0v) is 32.6. The molecule has 5 aliphatic rings. The van der Waals surface area contributed by atoms with E-state index in [1.165, 1.54) is 27.1 Å². The van der Waals surface area contributed by atoms with Crippen molar-refractivity contribution in [3.05, 3.63) is 156 Å². The highest BCUT2D eigenvalue weighted by atomic mass is 16.5. The molecule has 1 saturated carbocycles. The topological polar surface area (TPSA) is 57.2 Å². The molecule has 5 heterocycles. The number of hydrogen-bond acceptors (Lipinski definition) is 6. The van der Waals surface area contributed by atoms with E-state index in [1.54, 1.807) is 0 Å². The van der Waals surface area contributed by atoms with Crippen molar-refractivity contribution in [1.29, 1.82) is 0 Å². The van der Waals surface area contributed by atoms with Crippen LogP contribution in [0.5, 0.6) is 17.2 Å². The third kappa shape index (κ3) is 5.18. The van der Waals surface area contributed by atoms with Gasteiger partial charge in [-0.05, 0) is 102 Å². The molecule has 12 rings (SSSR count). The Morgan fingerprint density at radius 3 is 2.19 bits per heavy atom. The number of oxazole rings is 1. The minimum atomic E-state index is -0.294. The van der Waals surface area contributed by atoms with E-state index in [0.29, 0.717) is 6.61 Å². The number of fused-ring (bicyclic) bond motifs is 12. The normalized spacial score (nSPS) is 24.3. The molecule has 7 aromatic rings. The van der Waals surface area contributed by atoms with Gasteiger partial charge in [0.05, 0.1) is 29.4 Å². The maximum absolute atomic E-state index is 7.78. The van der Waals surface area contributed by atoms with Gasteiger partial charge in [0.2, 0.25) is 11.5 Å². The van der Waals surface area contributed by atoms with Crippen molar-refractivity contribution in [3.8, 4) is 17.2 Å². The summed E-state index contributed by atoms with van der Waals surface area (Å²) in [6.45, 7) is 4.49. The van der Waals surface area contributed by atoms with Crippen LogP contribution in [-0.2, 0) is 11.3 Å². The Morgan fingerprint density at radius 2 is 1.47 bits per heavy atom. The van der Waals surface area contributed by atoms with Crippen LogP contribution in [0.4, 0.5) is 5.69 Å². The smallest absolute Gasteiger partial charge is 0.380 e. The van der Waals surface area contributed by atoms with Crippen LogP contribution in [0.2, 0.25) is 0 Å². The van der Waals surface area contributed by atoms with E-state index in [9.17, 15) is 0 Å². The molecule has 0 radical (unpaired) electrons. The van der Waals surface area contributed by atoms with Crippen LogP contribution in [0, 0.1) is 11.3 Å². The van der Waals surface area contributed by atoms with Crippen LogP contribution in [-0.4, -0.2) is 31.5 Å². The van der Waals surface area contributed by atoms with Crippen LogP contribution in [0.1, 0.15) is 44.9 Å². The van der Waals surface area contributed by atoms with Crippen LogP contribution in [0.15, 0.2) is 155 Å².